The molecule has 0 fully saturated rings. The topological polar surface area (TPSA) is 26.0 Å². The second kappa shape index (κ2) is 7.37. The minimum atomic E-state index is -0.256. The molecule has 0 radical (unpaired) electrons. The molecule has 0 saturated carbocycles. The van der Waals surface area contributed by atoms with Crippen LogP contribution in [0.5, 0.6) is 0 Å². The molecule has 4 rings (SSSR count). The molecule has 0 aliphatic carbocycles. The van der Waals surface area contributed by atoms with Crippen LogP contribution >= 0.6 is 15.9 Å². The van der Waals surface area contributed by atoms with Crippen molar-refractivity contribution in [1.82, 2.24) is 0 Å². The summed E-state index contributed by atoms with van der Waals surface area (Å²) in [6, 6.07) is 28.9. The lowest BCUT2D eigenvalue weighted by molar-refractivity contribution is 0.630. The number of hydrogen-bond donors (Lipinski definition) is 1. The first-order chi connectivity index (χ1) is 13.1. The van der Waals surface area contributed by atoms with Crippen molar-refractivity contribution in [2.45, 2.75) is 0 Å². The van der Waals surface area contributed by atoms with Crippen molar-refractivity contribution in [3.05, 3.63) is 101 Å². The van der Waals surface area contributed by atoms with E-state index in [9.17, 15) is 4.39 Å². The van der Waals surface area contributed by atoms with Gasteiger partial charge in [-0.2, -0.15) is 0 Å². The zero-order chi connectivity index (χ0) is 18.8. The fourth-order valence-electron chi connectivity index (χ4n) is 3.36. The van der Waals surface area contributed by atoms with Crippen LogP contribution in [0.2, 0.25) is 0 Å². The summed E-state index contributed by atoms with van der Waals surface area (Å²) in [7, 11) is 0. The first-order valence-electron chi connectivity index (χ1n) is 8.64. The van der Waals surface area contributed by atoms with Crippen LogP contribution in [0, 0.1) is 5.82 Å². The first kappa shape index (κ1) is 17.5. The number of nitrogen functional groups attached to an aromatic ring is 1. The van der Waals surface area contributed by atoms with Crippen LogP contribution in [0.15, 0.2) is 95.5 Å². The normalized spacial score (nSPS) is 10.7. The van der Waals surface area contributed by atoms with Gasteiger partial charge in [-0.3, -0.25) is 0 Å². The molecule has 4 aromatic rings. The Morgan fingerprint density at radius 3 is 1.52 bits per heavy atom. The SMILES string of the molecule is Nc1ccccc1-c1ccccc1-c1ccccc1-c1ccc(Br)cc1F. The van der Waals surface area contributed by atoms with Crippen LogP contribution in [-0.2, 0) is 0 Å². The minimum absolute atomic E-state index is 0.256. The largest absolute Gasteiger partial charge is 0.398 e. The summed E-state index contributed by atoms with van der Waals surface area (Å²) in [6.07, 6.45) is 0. The second-order valence-corrected chi connectivity index (χ2v) is 7.22. The Morgan fingerprint density at radius 2 is 1.00 bits per heavy atom. The number of halogens is 2. The van der Waals surface area contributed by atoms with E-state index in [0.717, 1.165) is 38.0 Å². The molecular formula is C24H17BrFN. The number of para-hydroxylation sites is 1. The van der Waals surface area contributed by atoms with Crippen LogP contribution in [0.25, 0.3) is 33.4 Å². The Morgan fingerprint density at radius 1 is 0.556 bits per heavy atom. The quantitative estimate of drug-likeness (QED) is 0.351. The van der Waals surface area contributed by atoms with Crippen molar-refractivity contribution in [1.29, 1.82) is 0 Å². The van der Waals surface area contributed by atoms with Gasteiger partial charge in [0.05, 0.1) is 0 Å². The zero-order valence-electron chi connectivity index (χ0n) is 14.5. The zero-order valence-corrected chi connectivity index (χ0v) is 16.1. The van der Waals surface area contributed by atoms with Gasteiger partial charge >= 0.3 is 0 Å². The fraction of sp³-hybridized carbons (Fsp3) is 0. The molecule has 0 spiro atoms. The maximum absolute atomic E-state index is 14.7. The van der Waals surface area contributed by atoms with Gasteiger partial charge in [-0.25, -0.2) is 4.39 Å². The van der Waals surface area contributed by atoms with E-state index in [1.54, 1.807) is 6.07 Å². The smallest absolute Gasteiger partial charge is 0.132 e. The first-order valence-corrected chi connectivity index (χ1v) is 9.43. The lowest BCUT2D eigenvalue weighted by atomic mass is 9.89. The molecule has 0 bridgehead atoms. The molecule has 0 atom stereocenters. The van der Waals surface area contributed by atoms with E-state index in [1.807, 2.05) is 66.7 Å². The Hall–Kier alpha value is -2.91. The number of benzene rings is 4. The molecule has 0 saturated heterocycles. The predicted molar refractivity (Wildman–Crippen MR) is 115 cm³/mol. The molecule has 0 heterocycles. The van der Waals surface area contributed by atoms with E-state index in [1.165, 1.54) is 6.07 Å². The van der Waals surface area contributed by atoms with Crippen molar-refractivity contribution in [3.8, 4) is 33.4 Å². The highest BCUT2D eigenvalue weighted by Gasteiger charge is 2.15. The molecule has 4 aromatic carbocycles. The van der Waals surface area contributed by atoms with Gasteiger partial charge in [-0.05, 0) is 40.5 Å². The molecule has 0 unspecified atom stereocenters. The van der Waals surface area contributed by atoms with E-state index in [4.69, 9.17) is 5.73 Å². The van der Waals surface area contributed by atoms with Gasteiger partial charge < -0.3 is 5.73 Å². The molecule has 2 N–H and O–H groups in total. The Kier molecular flexibility index (Phi) is 4.78. The molecule has 132 valence electrons. The molecule has 27 heavy (non-hydrogen) atoms. The average molecular weight is 418 g/mol. The number of hydrogen-bond acceptors (Lipinski definition) is 1. The summed E-state index contributed by atoms with van der Waals surface area (Å²) in [5, 5.41) is 0. The van der Waals surface area contributed by atoms with E-state index in [2.05, 4.69) is 28.1 Å². The van der Waals surface area contributed by atoms with Crippen molar-refractivity contribution in [2.75, 3.05) is 5.73 Å². The highest BCUT2D eigenvalue weighted by Crippen LogP contribution is 2.40. The molecule has 0 aliphatic rings. The highest BCUT2D eigenvalue weighted by atomic mass is 79.9. The van der Waals surface area contributed by atoms with E-state index < -0.39 is 0 Å². The summed E-state index contributed by atoms with van der Waals surface area (Å²) < 4.78 is 15.4. The maximum Gasteiger partial charge on any atom is 0.132 e. The average Bonchev–Trinajstić information content (AvgIpc) is 2.69. The van der Waals surface area contributed by atoms with Crippen LogP contribution in [-0.4, -0.2) is 0 Å². The molecule has 0 amide bonds. The van der Waals surface area contributed by atoms with Crippen molar-refractivity contribution in [2.24, 2.45) is 0 Å². The lowest BCUT2D eigenvalue weighted by Crippen LogP contribution is -1.93. The molecular weight excluding hydrogens is 401 g/mol. The van der Waals surface area contributed by atoms with Crippen molar-refractivity contribution in [3.63, 3.8) is 0 Å². The van der Waals surface area contributed by atoms with Gasteiger partial charge in [0, 0.05) is 21.3 Å². The third-order valence-corrected chi connectivity index (χ3v) is 5.11. The Balaban J connectivity index is 1.96. The van der Waals surface area contributed by atoms with Crippen LogP contribution in [0.1, 0.15) is 0 Å². The summed E-state index contributed by atoms with van der Waals surface area (Å²) in [5.74, 6) is -0.256. The van der Waals surface area contributed by atoms with Crippen LogP contribution in [0.3, 0.4) is 0 Å². The predicted octanol–water partition coefficient (Wildman–Crippen LogP) is 7.17. The molecule has 0 aromatic heterocycles. The number of rotatable bonds is 3. The van der Waals surface area contributed by atoms with Crippen molar-refractivity contribution < 1.29 is 4.39 Å². The standard InChI is InChI=1S/C24H17BrFN/c25-16-13-14-21(23(26)15-16)19-9-3-1-7-17(19)18-8-2-4-10-20(18)22-11-5-6-12-24(22)27/h1-15H,27H2. The Bertz CT molecular complexity index is 1120. The number of nitrogens with two attached hydrogens (primary N) is 1. The van der Waals surface area contributed by atoms with Gasteiger partial charge in [-0.15, -0.1) is 0 Å². The molecule has 1 nitrogen and oxygen atoms in total. The van der Waals surface area contributed by atoms with Crippen LogP contribution in [0.4, 0.5) is 10.1 Å². The summed E-state index contributed by atoms with van der Waals surface area (Å²) in [6.45, 7) is 0. The third-order valence-electron chi connectivity index (χ3n) is 4.62. The van der Waals surface area contributed by atoms with Gasteiger partial charge in [-0.1, -0.05) is 88.7 Å². The minimum Gasteiger partial charge on any atom is -0.398 e. The summed E-state index contributed by atoms with van der Waals surface area (Å²) in [4.78, 5) is 0. The molecule has 3 heteroatoms. The van der Waals surface area contributed by atoms with E-state index >= 15 is 0 Å². The van der Waals surface area contributed by atoms with Crippen LogP contribution < -0.4 is 5.73 Å². The maximum atomic E-state index is 14.7. The van der Waals surface area contributed by atoms with Crippen molar-refractivity contribution >= 4 is 21.6 Å². The fourth-order valence-corrected chi connectivity index (χ4v) is 3.69. The van der Waals surface area contributed by atoms with E-state index in [-0.39, 0.29) is 5.82 Å². The monoisotopic (exact) mass is 417 g/mol. The third kappa shape index (κ3) is 3.38. The highest BCUT2D eigenvalue weighted by molar-refractivity contribution is 9.10. The molecule has 0 aliphatic heterocycles. The summed E-state index contributed by atoms with van der Waals surface area (Å²) in [5.41, 5.74) is 12.4. The lowest BCUT2D eigenvalue weighted by Gasteiger charge is -2.16. The van der Waals surface area contributed by atoms with Gasteiger partial charge in [0.1, 0.15) is 5.82 Å². The van der Waals surface area contributed by atoms with Gasteiger partial charge in [0.25, 0.3) is 0 Å². The summed E-state index contributed by atoms with van der Waals surface area (Å²) >= 11 is 3.33. The van der Waals surface area contributed by atoms with Gasteiger partial charge in [0.15, 0.2) is 0 Å². The van der Waals surface area contributed by atoms with Gasteiger partial charge in [0.2, 0.25) is 0 Å². The van der Waals surface area contributed by atoms with E-state index in [0.29, 0.717) is 5.56 Å². The number of anilines is 1. The Labute approximate surface area is 166 Å². The second-order valence-electron chi connectivity index (χ2n) is 6.30.